The van der Waals surface area contributed by atoms with Gasteiger partial charge in [0.1, 0.15) is 19.9 Å². The maximum Gasteiger partial charge on any atom is 0.286 e. The summed E-state index contributed by atoms with van der Waals surface area (Å²) in [6.07, 6.45) is 18.5. The number of rotatable bonds is 29. The zero-order valence-corrected chi connectivity index (χ0v) is 23.0. The number of nitrogens with zero attached hydrogens (tertiary/aromatic N) is 4. The standard InChI is InChI=1S/C27H48N6O5/c1-2-17-31-27(35)16-10-4-3-6-13-20-33(32(26-34)19-12-7-9-15-22-37-24-29)38-25-30-18-11-5-8-14-21-36-23-28/h2,26,30H,1,3-22,25H2,(H,31,35). The highest BCUT2D eigenvalue weighted by atomic mass is 16.7. The van der Waals surface area contributed by atoms with E-state index in [1.54, 1.807) is 28.8 Å². The first-order valence-electron chi connectivity index (χ1n) is 13.9. The molecule has 11 nitrogen and oxygen atoms in total. The van der Waals surface area contributed by atoms with Crippen LogP contribution in [0, 0.1) is 23.0 Å². The minimum Gasteiger partial charge on any atom is -0.428 e. The van der Waals surface area contributed by atoms with Gasteiger partial charge in [0.2, 0.25) is 12.3 Å². The van der Waals surface area contributed by atoms with Gasteiger partial charge in [-0.3, -0.25) is 24.8 Å². The lowest BCUT2D eigenvalue weighted by Crippen LogP contribution is -2.44. The maximum atomic E-state index is 11.8. The molecule has 11 heteroatoms. The number of carbonyl (C=O) groups excluding carboxylic acids is 2. The van der Waals surface area contributed by atoms with Gasteiger partial charge in [-0.15, -0.1) is 6.58 Å². The van der Waals surface area contributed by atoms with Gasteiger partial charge in [0.15, 0.2) is 0 Å². The molecule has 0 heterocycles. The third-order valence-electron chi connectivity index (χ3n) is 5.78. The van der Waals surface area contributed by atoms with Crippen LogP contribution in [0.25, 0.3) is 0 Å². The van der Waals surface area contributed by atoms with E-state index in [0.717, 1.165) is 96.4 Å². The van der Waals surface area contributed by atoms with Crippen LogP contribution in [0.3, 0.4) is 0 Å². The van der Waals surface area contributed by atoms with E-state index in [1.807, 2.05) is 0 Å². The molecule has 0 atom stereocenters. The van der Waals surface area contributed by atoms with Crippen LogP contribution in [-0.4, -0.2) is 68.6 Å². The first kappa shape index (κ1) is 35.1. The van der Waals surface area contributed by atoms with Crippen LogP contribution >= 0.6 is 0 Å². The second-order valence-electron chi connectivity index (χ2n) is 8.94. The highest BCUT2D eigenvalue weighted by molar-refractivity contribution is 5.75. The van der Waals surface area contributed by atoms with Crippen LogP contribution in [0.5, 0.6) is 0 Å². The second-order valence-corrected chi connectivity index (χ2v) is 8.94. The zero-order valence-electron chi connectivity index (χ0n) is 23.0. The van der Waals surface area contributed by atoms with Crippen LogP contribution in [-0.2, 0) is 23.9 Å². The smallest absolute Gasteiger partial charge is 0.286 e. The van der Waals surface area contributed by atoms with Gasteiger partial charge in [0, 0.05) is 26.1 Å². The predicted octanol–water partition coefficient (Wildman–Crippen LogP) is 3.90. The molecule has 0 aromatic heterocycles. The molecule has 216 valence electrons. The summed E-state index contributed by atoms with van der Waals surface area (Å²) in [5, 5.41) is 26.1. The Kier molecular flexibility index (Phi) is 26.5. The zero-order chi connectivity index (χ0) is 27.9. The van der Waals surface area contributed by atoms with Gasteiger partial charge < -0.3 is 14.8 Å². The van der Waals surface area contributed by atoms with Gasteiger partial charge >= 0.3 is 0 Å². The van der Waals surface area contributed by atoms with E-state index in [2.05, 4.69) is 21.9 Å². The van der Waals surface area contributed by atoms with Crippen molar-refractivity contribution in [3.8, 4) is 12.5 Å². The Balaban J connectivity index is 4.29. The molecule has 0 fully saturated rings. The van der Waals surface area contributed by atoms with Gasteiger partial charge in [-0.25, -0.2) is 0 Å². The molecule has 0 aromatic carbocycles. The molecule has 0 saturated carbocycles. The number of amides is 2. The summed E-state index contributed by atoms with van der Waals surface area (Å²) in [5.74, 6) is 0.0594. The number of hydrogen-bond donors (Lipinski definition) is 2. The lowest BCUT2D eigenvalue weighted by molar-refractivity contribution is -0.273. The lowest BCUT2D eigenvalue weighted by atomic mass is 10.1. The largest absolute Gasteiger partial charge is 0.428 e. The fourth-order valence-electron chi connectivity index (χ4n) is 3.68. The molecular weight excluding hydrogens is 488 g/mol. The van der Waals surface area contributed by atoms with Gasteiger partial charge in [0.25, 0.3) is 12.5 Å². The molecular formula is C27H48N6O5. The Labute approximate surface area is 229 Å². The van der Waals surface area contributed by atoms with E-state index in [4.69, 9.17) is 20.1 Å². The van der Waals surface area contributed by atoms with Gasteiger partial charge in [0.05, 0.1) is 0 Å². The first-order chi connectivity index (χ1) is 18.7. The van der Waals surface area contributed by atoms with E-state index in [9.17, 15) is 9.59 Å². The lowest BCUT2D eigenvalue weighted by Gasteiger charge is -2.31. The normalized spacial score (nSPS) is 10.4. The Morgan fingerprint density at radius 2 is 1.39 bits per heavy atom. The third kappa shape index (κ3) is 23.5. The number of carbonyl (C=O) groups is 2. The first-order valence-corrected chi connectivity index (χ1v) is 13.9. The topological polar surface area (TPSA) is 140 Å². The Morgan fingerprint density at radius 1 is 0.816 bits per heavy atom. The van der Waals surface area contributed by atoms with Crippen LogP contribution in [0.1, 0.15) is 89.9 Å². The quantitative estimate of drug-likeness (QED) is 0.0364. The third-order valence-corrected chi connectivity index (χ3v) is 5.78. The average Bonchev–Trinajstić information content (AvgIpc) is 2.93. The van der Waals surface area contributed by atoms with Crippen molar-refractivity contribution >= 4 is 12.3 Å². The van der Waals surface area contributed by atoms with Crippen molar-refractivity contribution in [2.45, 2.75) is 89.9 Å². The molecule has 0 aliphatic rings. The number of hydrogen-bond acceptors (Lipinski definition) is 9. The predicted molar refractivity (Wildman–Crippen MR) is 144 cm³/mol. The molecule has 0 saturated heterocycles. The number of hydrazine groups is 1. The molecule has 0 rings (SSSR count). The van der Waals surface area contributed by atoms with Crippen molar-refractivity contribution in [3.05, 3.63) is 12.7 Å². The number of ether oxygens (including phenoxy) is 2. The summed E-state index contributed by atoms with van der Waals surface area (Å²) in [5.41, 5.74) is 0. The fourth-order valence-corrected chi connectivity index (χ4v) is 3.68. The highest BCUT2D eigenvalue weighted by Crippen LogP contribution is 2.09. The summed E-state index contributed by atoms with van der Waals surface area (Å²) in [6, 6.07) is 0. The number of unbranched alkanes of at least 4 members (excludes halogenated alkanes) is 10. The van der Waals surface area contributed by atoms with Crippen LogP contribution in [0.4, 0.5) is 0 Å². The van der Waals surface area contributed by atoms with Gasteiger partial charge in [-0.05, 0) is 57.9 Å². The SMILES string of the molecule is C=CCNC(=O)CCCCCCCN(OCNCCCCCCOC#N)N(C=O)CCCCCCOC#N. The Bertz CT molecular complexity index is 667. The van der Waals surface area contributed by atoms with Gasteiger partial charge in [-0.1, -0.05) is 43.4 Å². The number of nitriles is 2. The minimum absolute atomic E-state index is 0.0594. The van der Waals surface area contributed by atoms with E-state index < -0.39 is 0 Å². The van der Waals surface area contributed by atoms with Crippen LogP contribution in [0.15, 0.2) is 12.7 Å². The molecule has 0 aliphatic carbocycles. The maximum absolute atomic E-state index is 11.8. The molecule has 38 heavy (non-hydrogen) atoms. The van der Waals surface area contributed by atoms with Crippen molar-refractivity contribution < 1.29 is 23.9 Å². The van der Waals surface area contributed by atoms with Crippen molar-refractivity contribution in [3.63, 3.8) is 0 Å². The van der Waals surface area contributed by atoms with Crippen molar-refractivity contribution in [2.24, 2.45) is 0 Å². The van der Waals surface area contributed by atoms with E-state index in [1.165, 1.54) is 0 Å². The van der Waals surface area contributed by atoms with E-state index >= 15 is 0 Å². The van der Waals surface area contributed by atoms with Crippen molar-refractivity contribution in [1.82, 2.24) is 20.8 Å². The Hall–Kier alpha value is -2.86. The second kappa shape index (κ2) is 28.7. The summed E-state index contributed by atoms with van der Waals surface area (Å²) < 4.78 is 9.36. The summed E-state index contributed by atoms with van der Waals surface area (Å²) in [6.45, 7) is 7.29. The molecule has 2 N–H and O–H groups in total. The van der Waals surface area contributed by atoms with Crippen LogP contribution in [0.2, 0.25) is 0 Å². The van der Waals surface area contributed by atoms with Gasteiger partial charge in [-0.2, -0.15) is 10.5 Å². The summed E-state index contributed by atoms with van der Waals surface area (Å²) in [4.78, 5) is 29.3. The molecule has 0 aliphatic heterocycles. The van der Waals surface area contributed by atoms with E-state index in [0.29, 0.717) is 46.0 Å². The summed E-state index contributed by atoms with van der Waals surface area (Å²) >= 11 is 0. The minimum atomic E-state index is 0.0594. The molecule has 0 aromatic rings. The number of hydroxylamine groups is 1. The summed E-state index contributed by atoms with van der Waals surface area (Å²) in [7, 11) is 0. The number of nitrogens with one attached hydrogen (secondary N) is 2. The molecule has 0 unspecified atom stereocenters. The molecule has 2 amide bonds. The highest BCUT2D eigenvalue weighted by Gasteiger charge is 2.14. The fraction of sp³-hybridized carbons (Fsp3) is 0.778. The average molecular weight is 537 g/mol. The van der Waals surface area contributed by atoms with Crippen LogP contribution < -0.4 is 10.6 Å². The molecule has 0 radical (unpaired) electrons. The monoisotopic (exact) mass is 536 g/mol. The van der Waals surface area contributed by atoms with Crippen molar-refractivity contribution in [2.75, 3.05) is 46.1 Å². The van der Waals surface area contributed by atoms with E-state index in [-0.39, 0.29) is 5.91 Å². The Morgan fingerprint density at radius 3 is 2.03 bits per heavy atom. The molecule has 0 spiro atoms. The molecule has 0 bridgehead atoms. The van der Waals surface area contributed by atoms with Crippen molar-refractivity contribution in [1.29, 1.82) is 10.5 Å².